The van der Waals surface area contributed by atoms with E-state index in [1.54, 1.807) is 11.3 Å². The van der Waals surface area contributed by atoms with Crippen LogP contribution in [0.2, 0.25) is 0 Å². The fraction of sp³-hybridized carbons (Fsp3) is 0.438. The fourth-order valence-electron chi connectivity index (χ4n) is 3.14. The third kappa shape index (κ3) is 2.45. The van der Waals surface area contributed by atoms with Gasteiger partial charge in [0.15, 0.2) is 0 Å². The van der Waals surface area contributed by atoms with Crippen molar-refractivity contribution in [1.82, 2.24) is 4.98 Å². The summed E-state index contributed by atoms with van der Waals surface area (Å²) in [6, 6.07) is 8.78. The molecule has 1 aliphatic carbocycles. The van der Waals surface area contributed by atoms with Crippen LogP contribution in [0, 0.1) is 12.3 Å². The van der Waals surface area contributed by atoms with Gasteiger partial charge in [-0.1, -0.05) is 24.3 Å². The van der Waals surface area contributed by atoms with Crippen molar-refractivity contribution in [2.24, 2.45) is 11.1 Å². The second-order valence-electron chi connectivity index (χ2n) is 5.69. The van der Waals surface area contributed by atoms with Crippen molar-refractivity contribution >= 4 is 11.3 Å². The van der Waals surface area contributed by atoms with Gasteiger partial charge in [-0.15, -0.1) is 11.3 Å². The first-order valence-electron chi connectivity index (χ1n) is 6.88. The molecule has 3 heteroatoms. The van der Waals surface area contributed by atoms with E-state index in [9.17, 15) is 0 Å². The van der Waals surface area contributed by atoms with Crippen LogP contribution in [-0.2, 0) is 19.3 Å². The largest absolute Gasteiger partial charge is 0.330 e. The molecule has 0 amide bonds. The Hall–Kier alpha value is -1.19. The lowest BCUT2D eigenvalue weighted by atomic mass is 9.80. The highest BCUT2D eigenvalue weighted by Crippen LogP contribution is 2.40. The summed E-state index contributed by atoms with van der Waals surface area (Å²) in [4.78, 5) is 5.76. The summed E-state index contributed by atoms with van der Waals surface area (Å²) in [6.45, 7) is 2.88. The van der Waals surface area contributed by atoms with Crippen molar-refractivity contribution < 1.29 is 0 Å². The zero-order valence-electron chi connectivity index (χ0n) is 11.4. The summed E-state index contributed by atoms with van der Waals surface area (Å²) < 4.78 is 0. The molecule has 0 saturated carbocycles. The molecule has 0 saturated heterocycles. The van der Waals surface area contributed by atoms with E-state index < -0.39 is 0 Å². The zero-order valence-corrected chi connectivity index (χ0v) is 12.2. The highest BCUT2D eigenvalue weighted by atomic mass is 32.1. The third-order valence-electron chi connectivity index (χ3n) is 4.41. The van der Waals surface area contributed by atoms with Gasteiger partial charge in [-0.3, -0.25) is 0 Å². The van der Waals surface area contributed by atoms with Gasteiger partial charge in [-0.2, -0.15) is 0 Å². The predicted molar refractivity (Wildman–Crippen MR) is 80.5 cm³/mol. The molecular weight excluding hydrogens is 252 g/mol. The monoisotopic (exact) mass is 272 g/mol. The van der Waals surface area contributed by atoms with Gasteiger partial charge in [-0.05, 0) is 55.7 Å². The maximum atomic E-state index is 6.11. The Morgan fingerprint density at radius 2 is 1.95 bits per heavy atom. The van der Waals surface area contributed by atoms with Gasteiger partial charge in [0, 0.05) is 4.88 Å². The van der Waals surface area contributed by atoms with Crippen molar-refractivity contribution in [3.05, 3.63) is 51.5 Å². The van der Waals surface area contributed by atoms with Crippen molar-refractivity contribution in [2.45, 2.75) is 32.6 Å². The minimum atomic E-state index is 0.264. The van der Waals surface area contributed by atoms with Crippen LogP contribution >= 0.6 is 11.3 Å². The Balaban J connectivity index is 1.74. The van der Waals surface area contributed by atoms with Gasteiger partial charge in [0.05, 0.1) is 11.2 Å². The average molecular weight is 272 g/mol. The lowest BCUT2D eigenvalue weighted by molar-refractivity contribution is 0.291. The number of benzene rings is 1. The molecule has 2 aromatic rings. The molecule has 2 nitrogen and oxygen atoms in total. The number of aromatic nitrogens is 1. The minimum absolute atomic E-state index is 0.264. The molecule has 100 valence electrons. The van der Waals surface area contributed by atoms with Crippen LogP contribution in [0.25, 0.3) is 0 Å². The fourth-order valence-corrected chi connectivity index (χ4v) is 3.92. The lowest BCUT2D eigenvalue weighted by Gasteiger charge is -2.27. The highest BCUT2D eigenvalue weighted by molar-refractivity contribution is 7.09. The molecule has 1 aliphatic rings. The number of thiazole rings is 1. The van der Waals surface area contributed by atoms with Gasteiger partial charge in [0.25, 0.3) is 0 Å². The van der Waals surface area contributed by atoms with Crippen LogP contribution in [0.5, 0.6) is 0 Å². The number of aryl methyl sites for hydroxylation is 2. The molecule has 2 N–H and O–H groups in total. The Labute approximate surface area is 118 Å². The first kappa shape index (κ1) is 12.8. The average Bonchev–Trinajstić information content (AvgIpc) is 3.00. The summed E-state index contributed by atoms with van der Waals surface area (Å²) in [6.07, 6.45) is 4.55. The summed E-state index contributed by atoms with van der Waals surface area (Å²) in [5.41, 5.74) is 12.5. The van der Waals surface area contributed by atoms with Gasteiger partial charge >= 0.3 is 0 Å². The van der Waals surface area contributed by atoms with Gasteiger partial charge in [-0.25, -0.2) is 4.98 Å². The van der Waals surface area contributed by atoms with E-state index in [1.807, 2.05) is 5.51 Å². The predicted octanol–water partition coefficient (Wildman–Crippen LogP) is 3.13. The molecule has 1 heterocycles. The summed E-state index contributed by atoms with van der Waals surface area (Å²) in [5.74, 6) is 0. The van der Waals surface area contributed by atoms with Crippen LogP contribution in [0.1, 0.15) is 28.1 Å². The molecular formula is C16H20N2S. The zero-order chi connectivity index (χ0) is 13.3. The van der Waals surface area contributed by atoms with Crippen LogP contribution in [0.15, 0.2) is 29.8 Å². The number of nitrogens with two attached hydrogens (primary N) is 1. The maximum absolute atomic E-state index is 6.11. The maximum Gasteiger partial charge on any atom is 0.0797 e. The van der Waals surface area contributed by atoms with Gasteiger partial charge in [0.1, 0.15) is 0 Å². The van der Waals surface area contributed by atoms with E-state index >= 15 is 0 Å². The topological polar surface area (TPSA) is 38.9 Å². The SMILES string of the molecule is Cc1ncsc1CCC1(CN)Cc2ccccc2C1. The van der Waals surface area contributed by atoms with Crippen molar-refractivity contribution in [3.63, 3.8) is 0 Å². The Morgan fingerprint density at radius 1 is 1.26 bits per heavy atom. The lowest BCUT2D eigenvalue weighted by Crippen LogP contribution is -2.31. The molecule has 0 fully saturated rings. The van der Waals surface area contributed by atoms with Crippen LogP contribution in [0.3, 0.4) is 0 Å². The summed E-state index contributed by atoms with van der Waals surface area (Å²) in [5, 5.41) is 0. The van der Waals surface area contributed by atoms with Crippen LogP contribution < -0.4 is 5.73 Å². The second kappa shape index (κ2) is 5.06. The summed E-state index contributed by atoms with van der Waals surface area (Å²) in [7, 11) is 0. The standard InChI is InChI=1S/C16H20N2S/c1-12-15(19-11-18-12)6-7-16(10-17)8-13-4-2-3-5-14(13)9-16/h2-5,11H,6-10,17H2,1H3. The Bertz CT molecular complexity index is 549. The van der Waals surface area contributed by atoms with E-state index in [0.717, 1.165) is 25.8 Å². The van der Waals surface area contributed by atoms with Crippen molar-refractivity contribution in [1.29, 1.82) is 0 Å². The Morgan fingerprint density at radius 3 is 2.47 bits per heavy atom. The minimum Gasteiger partial charge on any atom is -0.330 e. The van der Waals surface area contributed by atoms with Crippen molar-refractivity contribution in [2.75, 3.05) is 6.54 Å². The van der Waals surface area contributed by atoms with Gasteiger partial charge < -0.3 is 5.73 Å². The molecule has 1 aromatic carbocycles. The van der Waals surface area contributed by atoms with E-state index in [4.69, 9.17) is 5.73 Å². The molecule has 19 heavy (non-hydrogen) atoms. The summed E-state index contributed by atoms with van der Waals surface area (Å²) >= 11 is 1.77. The normalized spacial score (nSPS) is 16.5. The van der Waals surface area contributed by atoms with Crippen LogP contribution in [0.4, 0.5) is 0 Å². The van der Waals surface area contributed by atoms with E-state index in [-0.39, 0.29) is 5.41 Å². The second-order valence-corrected chi connectivity index (χ2v) is 6.63. The van der Waals surface area contributed by atoms with Gasteiger partial charge in [0.2, 0.25) is 0 Å². The number of hydrogen-bond donors (Lipinski definition) is 1. The number of fused-ring (bicyclic) bond motifs is 1. The smallest absolute Gasteiger partial charge is 0.0797 e. The first-order valence-corrected chi connectivity index (χ1v) is 7.76. The van der Waals surface area contributed by atoms with Crippen molar-refractivity contribution in [3.8, 4) is 0 Å². The van der Waals surface area contributed by atoms with E-state index in [2.05, 4.69) is 36.2 Å². The molecule has 0 radical (unpaired) electrons. The quantitative estimate of drug-likeness (QED) is 0.928. The molecule has 0 unspecified atom stereocenters. The van der Waals surface area contributed by atoms with E-state index in [0.29, 0.717) is 0 Å². The molecule has 0 spiro atoms. The molecule has 0 atom stereocenters. The number of nitrogens with zero attached hydrogens (tertiary/aromatic N) is 1. The molecule has 0 bridgehead atoms. The molecule has 1 aromatic heterocycles. The molecule has 3 rings (SSSR count). The third-order valence-corrected chi connectivity index (χ3v) is 5.40. The highest BCUT2D eigenvalue weighted by Gasteiger charge is 2.35. The van der Waals surface area contributed by atoms with Crippen LogP contribution in [-0.4, -0.2) is 11.5 Å². The Kier molecular flexibility index (Phi) is 3.42. The number of rotatable bonds is 4. The first-order chi connectivity index (χ1) is 9.22. The number of hydrogen-bond acceptors (Lipinski definition) is 3. The molecule has 0 aliphatic heterocycles. The van der Waals surface area contributed by atoms with E-state index in [1.165, 1.54) is 28.1 Å².